The number of hydrogen-bond acceptors (Lipinski definition) is 3. The molecule has 0 spiro atoms. The first-order chi connectivity index (χ1) is 12.4. The molecule has 5 nitrogen and oxygen atoms in total. The third kappa shape index (κ3) is 3.99. The standard InChI is InChI=1S/C20H21ClN2O3/c1-14-2-8-17(9-3-14)26-11-18(24)23-12-20(13-23,19(22)25)10-15-4-6-16(21)7-5-15/h2-9H,10-13H2,1H3,(H2,22,25). The zero-order chi connectivity index (χ0) is 18.7. The van der Waals surface area contributed by atoms with Gasteiger partial charge in [0.25, 0.3) is 5.91 Å². The number of ether oxygens (including phenoxy) is 1. The third-order valence-corrected chi connectivity index (χ3v) is 4.95. The van der Waals surface area contributed by atoms with Gasteiger partial charge in [-0.1, -0.05) is 41.4 Å². The largest absolute Gasteiger partial charge is 0.484 e. The van der Waals surface area contributed by atoms with E-state index in [1.54, 1.807) is 17.0 Å². The molecule has 0 saturated carbocycles. The molecule has 1 aliphatic rings. The zero-order valence-corrected chi connectivity index (χ0v) is 15.3. The Morgan fingerprint density at radius 1 is 1.12 bits per heavy atom. The Morgan fingerprint density at radius 2 is 1.73 bits per heavy atom. The van der Waals surface area contributed by atoms with Crippen molar-refractivity contribution in [3.8, 4) is 5.75 Å². The molecule has 3 rings (SSSR count). The van der Waals surface area contributed by atoms with E-state index in [0.29, 0.717) is 30.3 Å². The van der Waals surface area contributed by atoms with E-state index in [0.717, 1.165) is 11.1 Å². The summed E-state index contributed by atoms with van der Waals surface area (Å²) in [6, 6.07) is 14.8. The molecule has 2 aromatic rings. The molecule has 0 bridgehead atoms. The first kappa shape index (κ1) is 18.3. The average molecular weight is 373 g/mol. The smallest absolute Gasteiger partial charge is 0.260 e. The van der Waals surface area contributed by atoms with Gasteiger partial charge in [-0.3, -0.25) is 9.59 Å². The van der Waals surface area contributed by atoms with Crippen LogP contribution in [0.3, 0.4) is 0 Å². The first-order valence-corrected chi connectivity index (χ1v) is 8.77. The number of nitrogens with two attached hydrogens (primary N) is 1. The fourth-order valence-electron chi connectivity index (χ4n) is 3.08. The number of nitrogens with zero attached hydrogens (tertiary/aromatic N) is 1. The zero-order valence-electron chi connectivity index (χ0n) is 14.6. The minimum atomic E-state index is -0.729. The molecule has 0 unspecified atom stereocenters. The van der Waals surface area contributed by atoms with Crippen LogP contribution in [0.4, 0.5) is 0 Å². The van der Waals surface area contributed by atoms with E-state index in [4.69, 9.17) is 22.1 Å². The normalized spacial score (nSPS) is 15.2. The minimum absolute atomic E-state index is 0.0567. The van der Waals surface area contributed by atoms with Gasteiger partial charge < -0.3 is 15.4 Å². The second-order valence-corrected chi connectivity index (χ2v) is 7.24. The van der Waals surface area contributed by atoms with Crippen LogP contribution in [0.15, 0.2) is 48.5 Å². The molecule has 6 heteroatoms. The Kier molecular flexibility index (Phi) is 5.18. The number of aryl methyl sites for hydroxylation is 1. The van der Waals surface area contributed by atoms with Crippen LogP contribution >= 0.6 is 11.6 Å². The van der Waals surface area contributed by atoms with Crippen LogP contribution in [0.2, 0.25) is 5.02 Å². The molecule has 1 fully saturated rings. The highest BCUT2D eigenvalue weighted by Gasteiger charge is 2.49. The molecule has 0 aliphatic carbocycles. The predicted octanol–water partition coefficient (Wildman–Crippen LogP) is 2.58. The second-order valence-electron chi connectivity index (χ2n) is 6.80. The molecular formula is C20H21ClN2O3. The van der Waals surface area contributed by atoms with Crippen LogP contribution in [-0.4, -0.2) is 36.4 Å². The van der Waals surface area contributed by atoms with Crippen LogP contribution in [-0.2, 0) is 16.0 Å². The Labute approximate surface area is 157 Å². The number of benzene rings is 2. The maximum atomic E-state index is 12.3. The summed E-state index contributed by atoms with van der Waals surface area (Å²) in [4.78, 5) is 25.9. The summed E-state index contributed by atoms with van der Waals surface area (Å²) < 4.78 is 5.52. The number of likely N-dealkylation sites (tertiary alicyclic amines) is 1. The van der Waals surface area contributed by atoms with Gasteiger partial charge in [-0.15, -0.1) is 0 Å². The number of rotatable bonds is 6. The van der Waals surface area contributed by atoms with Gasteiger partial charge in [-0.25, -0.2) is 0 Å². The van der Waals surface area contributed by atoms with Crippen LogP contribution in [0.5, 0.6) is 5.75 Å². The number of amides is 2. The maximum absolute atomic E-state index is 12.3. The molecule has 26 heavy (non-hydrogen) atoms. The summed E-state index contributed by atoms with van der Waals surface area (Å²) in [5, 5.41) is 0.639. The number of carbonyl (C=O) groups is 2. The minimum Gasteiger partial charge on any atom is -0.484 e. The molecule has 2 aromatic carbocycles. The summed E-state index contributed by atoms with van der Waals surface area (Å²) in [5.74, 6) is 0.0984. The average Bonchev–Trinajstić information content (AvgIpc) is 2.58. The molecule has 0 radical (unpaired) electrons. The highest BCUT2D eigenvalue weighted by atomic mass is 35.5. The lowest BCUT2D eigenvalue weighted by Crippen LogP contribution is -2.65. The van der Waals surface area contributed by atoms with Crippen molar-refractivity contribution in [3.05, 3.63) is 64.7 Å². The summed E-state index contributed by atoms with van der Waals surface area (Å²) in [7, 11) is 0. The molecule has 136 valence electrons. The Bertz CT molecular complexity index is 797. The first-order valence-electron chi connectivity index (χ1n) is 8.40. The number of primary amides is 1. The highest BCUT2D eigenvalue weighted by Crippen LogP contribution is 2.34. The van der Waals surface area contributed by atoms with Crippen molar-refractivity contribution in [2.24, 2.45) is 11.1 Å². The molecule has 1 aliphatic heterocycles. The Hall–Kier alpha value is -2.53. The lowest BCUT2D eigenvalue weighted by Gasteiger charge is -2.48. The quantitative estimate of drug-likeness (QED) is 0.847. The van der Waals surface area contributed by atoms with Crippen molar-refractivity contribution in [2.75, 3.05) is 19.7 Å². The van der Waals surface area contributed by atoms with Gasteiger partial charge in [-0.05, 0) is 43.2 Å². The third-order valence-electron chi connectivity index (χ3n) is 4.70. The van der Waals surface area contributed by atoms with Crippen molar-refractivity contribution in [3.63, 3.8) is 0 Å². The molecule has 1 saturated heterocycles. The Morgan fingerprint density at radius 3 is 2.31 bits per heavy atom. The summed E-state index contributed by atoms with van der Waals surface area (Å²) >= 11 is 5.89. The van der Waals surface area contributed by atoms with Gasteiger partial charge in [0.1, 0.15) is 5.75 Å². The highest BCUT2D eigenvalue weighted by molar-refractivity contribution is 6.30. The second kappa shape index (κ2) is 7.38. The predicted molar refractivity (Wildman–Crippen MR) is 100 cm³/mol. The summed E-state index contributed by atoms with van der Waals surface area (Å²) in [5.41, 5.74) is 6.98. The van der Waals surface area contributed by atoms with Crippen LogP contribution in [0, 0.1) is 12.3 Å². The van der Waals surface area contributed by atoms with E-state index in [9.17, 15) is 9.59 Å². The lowest BCUT2D eigenvalue weighted by molar-refractivity contribution is -0.153. The van der Waals surface area contributed by atoms with Gasteiger partial charge >= 0.3 is 0 Å². The SMILES string of the molecule is Cc1ccc(OCC(=O)N2CC(Cc3ccc(Cl)cc3)(C(N)=O)C2)cc1. The van der Waals surface area contributed by atoms with E-state index < -0.39 is 11.3 Å². The molecule has 2 N–H and O–H groups in total. The van der Waals surface area contributed by atoms with Crippen LogP contribution in [0.1, 0.15) is 11.1 Å². The van der Waals surface area contributed by atoms with Crippen LogP contribution in [0.25, 0.3) is 0 Å². The summed E-state index contributed by atoms with van der Waals surface area (Å²) in [6.45, 7) is 2.54. The topological polar surface area (TPSA) is 72.6 Å². The van der Waals surface area contributed by atoms with Crippen molar-refractivity contribution in [2.45, 2.75) is 13.3 Å². The van der Waals surface area contributed by atoms with E-state index in [2.05, 4.69) is 0 Å². The van der Waals surface area contributed by atoms with E-state index in [-0.39, 0.29) is 12.5 Å². The summed E-state index contributed by atoms with van der Waals surface area (Å²) in [6.07, 6.45) is 0.488. The molecular weight excluding hydrogens is 352 g/mol. The molecule has 2 amide bonds. The van der Waals surface area contributed by atoms with Gasteiger partial charge in [0.2, 0.25) is 5.91 Å². The van der Waals surface area contributed by atoms with Crippen molar-refractivity contribution < 1.29 is 14.3 Å². The molecule has 1 heterocycles. The van der Waals surface area contributed by atoms with Crippen molar-refractivity contribution in [1.82, 2.24) is 4.90 Å². The van der Waals surface area contributed by atoms with Gasteiger partial charge in [0.15, 0.2) is 6.61 Å². The number of carbonyl (C=O) groups excluding carboxylic acids is 2. The van der Waals surface area contributed by atoms with E-state index in [1.807, 2.05) is 43.3 Å². The van der Waals surface area contributed by atoms with Crippen molar-refractivity contribution in [1.29, 1.82) is 0 Å². The van der Waals surface area contributed by atoms with E-state index in [1.165, 1.54) is 0 Å². The monoisotopic (exact) mass is 372 g/mol. The van der Waals surface area contributed by atoms with Crippen molar-refractivity contribution >= 4 is 23.4 Å². The van der Waals surface area contributed by atoms with Gasteiger partial charge in [-0.2, -0.15) is 0 Å². The molecule has 0 aromatic heterocycles. The number of hydrogen-bond donors (Lipinski definition) is 1. The fraction of sp³-hybridized carbons (Fsp3) is 0.300. The van der Waals surface area contributed by atoms with Gasteiger partial charge in [0.05, 0.1) is 5.41 Å². The van der Waals surface area contributed by atoms with E-state index >= 15 is 0 Å². The number of halogens is 1. The maximum Gasteiger partial charge on any atom is 0.260 e. The Balaban J connectivity index is 1.56. The van der Waals surface area contributed by atoms with Gasteiger partial charge in [0, 0.05) is 18.1 Å². The fourth-order valence-corrected chi connectivity index (χ4v) is 3.21. The lowest BCUT2D eigenvalue weighted by atomic mass is 9.74. The molecule has 0 atom stereocenters. The van der Waals surface area contributed by atoms with Crippen LogP contribution < -0.4 is 10.5 Å².